The highest BCUT2D eigenvalue weighted by Crippen LogP contribution is 2.25. The van der Waals surface area contributed by atoms with Gasteiger partial charge in [0.1, 0.15) is 5.75 Å². The molecule has 1 heterocycles. The normalized spacial score (nSPS) is 20.1. The molecule has 0 radical (unpaired) electrons. The van der Waals surface area contributed by atoms with Crippen LogP contribution in [0.3, 0.4) is 0 Å². The lowest BCUT2D eigenvalue weighted by Gasteiger charge is -2.36. The number of benzene rings is 1. The predicted octanol–water partition coefficient (Wildman–Crippen LogP) is 1.47. The summed E-state index contributed by atoms with van der Waals surface area (Å²) in [7, 11) is 1.72. The van der Waals surface area contributed by atoms with Crippen LogP contribution in [0.4, 0.5) is 0 Å². The highest BCUT2D eigenvalue weighted by Gasteiger charge is 2.22. The Balaban J connectivity index is 2.14. The van der Waals surface area contributed by atoms with Crippen LogP contribution >= 0.6 is 0 Å². The molecular weight excluding hydrogens is 252 g/mol. The summed E-state index contributed by atoms with van der Waals surface area (Å²) < 4.78 is 5.37. The van der Waals surface area contributed by atoms with Crippen molar-refractivity contribution in [3.8, 4) is 5.75 Å². The SMILES string of the molecule is COc1ccc(CN2CCNC[C@@H]2CCO)c(C)c1C. The predicted molar refractivity (Wildman–Crippen MR) is 81.2 cm³/mol. The lowest BCUT2D eigenvalue weighted by Crippen LogP contribution is -2.51. The molecular formula is C16H26N2O2. The Kier molecular flexibility index (Phi) is 5.40. The van der Waals surface area contributed by atoms with E-state index in [-0.39, 0.29) is 6.61 Å². The highest BCUT2D eigenvalue weighted by molar-refractivity contribution is 5.43. The van der Waals surface area contributed by atoms with Gasteiger partial charge in [0.15, 0.2) is 0 Å². The molecule has 0 saturated carbocycles. The van der Waals surface area contributed by atoms with Gasteiger partial charge in [0, 0.05) is 38.8 Å². The number of nitrogens with one attached hydrogen (secondary N) is 1. The molecule has 0 aliphatic carbocycles. The van der Waals surface area contributed by atoms with Gasteiger partial charge in [-0.3, -0.25) is 4.90 Å². The maximum absolute atomic E-state index is 9.20. The summed E-state index contributed by atoms with van der Waals surface area (Å²) >= 11 is 0. The quantitative estimate of drug-likeness (QED) is 0.856. The van der Waals surface area contributed by atoms with Gasteiger partial charge in [0.2, 0.25) is 0 Å². The first-order valence-corrected chi connectivity index (χ1v) is 7.36. The van der Waals surface area contributed by atoms with Gasteiger partial charge in [0.05, 0.1) is 7.11 Å². The van der Waals surface area contributed by atoms with E-state index < -0.39 is 0 Å². The van der Waals surface area contributed by atoms with Gasteiger partial charge in [0.25, 0.3) is 0 Å². The second-order valence-corrected chi connectivity index (χ2v) is 5.52. The largest absolute Gasteiger partial charge is 0.496 e. The van der Waals surface area contributed by atoms with E-state index in [9.17, 15) is 5.11 Å². The van der Waals surface area contributed by atoms with E-state index in [1.165, 1.54) is 16.7 Å². The van der Waals surface area contributed by atoms with Crippen LogP contribution in [0.5, 0.6) is 5.75 Å². The molecule has 2 rings (SSSR count). The van der Waals surface area contributed by atoms with Gasteiger partial charge in [-0.25, -0.2) is 0 Å². The number of aliphatic hydroxyl groups excluding tert-OH is 1. The molecule has 0 aromatic heterocycles. The Morgan fingerprint density at radius 1 is 1.35 bits per heavy atom. The number of piperazine rings is 1. The van der Waals surface area contributed by atoms with E-state index in [0.717, 1.165) is 38.3 Å². The van der Waals surface area contributed by atoms with Crippen LogP contribution in [0.1, 0.15) is 23.1 Å². The van der Waals surface area contributed by atoms with Crippen molar-refractivity contribution in [3.05, 3.63) is 28.8 Å². The van der Waals surface area contributed by atoms with Crippen molar-refractivity contribution in [1.82, 2.24) is 10.2 Å². The van der Waals surface area contributed by atoms with Crippen LogP contribution < -0.4 is 10.1 Å². The molecule has 1 atom stereocenters. The molecule has 0 bridgehead atoms. The molecule has 0 unspecified atom stereocenters. The number of nitrogens with zero attached hydrogens (tertiary/aromatic N) is 1. The summed E-state index contributed by atoms with van der Waals surface area (Å²) in [5.41, 5.74) is 3.89. The first kappa shape index (κ1) is 15.3. The van der Waals surface area contributed by atoms with E-state index in [4.69, 9.17) is 4.74 Å². The van der Waals surface area contributed by atoms with Gasteiger partial charge >= 0.3 is 0 Å². The number of aliphatic hydroxyl groups is 1. The van der Waals surface area contributed by atoms with Crippen LogP contribution in [-0.2, 0) is 6.54 Å². The molecule has 0 spiro atoms. The first-order valence-electron chi connectivity index (χ1n) is 7.36. The second kappa shape index (κ2) is 7.07. The fourth-order valence-corrected chi connectivity index (χ4v) is 2.91. The molecule has 1 fully saturated rings. The van der Waals surface area contributed by atoms with Gasteiger partial charge < -0.3 is 15.2 Å². The Labute approximate surface area is 121 Å². The number of hydrogen-bond acceptors (Lipinski definition) is 4. The van der Waals surface area contributed by atoms with E-state index >= 15 is 0 Å². The van der Waals surface area contributed by atoms with Gasteiger partial charge in [-0.15, -0.1) is 0 Å². The van der Waals surface area contributed by atoms with Crippen molar-refractivity contribution >= 4 is 0 Å². The van der Waals surface area contributed by atoms with E-state index in [1.54, 1.807) is 7.11 Å². The number of hydrogen-bond donors (Lipinski definition) is 2. The van der Waals surface area contributed by atoms with Crippen LogP contribution in [0, 0.1) is 13.8 Å². The Bertz CT molecular complexity index is 446. The zero-order valence-electron chi connectivity index (χ0n) is 12.8. The number of methoxy groups -OCH3 is 1. The third-order valence-electron chi connectivity index (χ3n) is 4.38. The summed E-state index contributed by atoms with van der Waals surface area (Å²) in [5.74, 6) is 0.957. The lowest BCUT2D eigenvalue weighted by molar-refractivity contribution is 0.123. The highest BCUT2D eigenvalue weighted by atomic mass is 16.5. The fourth-order valence-electron chi connectivity index (χ4n) is 2.91. The minimum atomic E-state index is 0.253. The van der Waals surface area contributed by atoms with E-state index in [2.05, 4.69) is 36.2 Å². The Morgan fingerprint density at radius 2 is 2.15 bits per heavy atom. The monoisotopic (exact) mass is 278 g/mol. The fraction of sp³-hybridized carbons (Fsp3) is 0.625. The van der Waals surface area contributed by atoms with Crippen molar-refractivity contribution in [2.75, 3.05) is 33.4 Å². The van der Waals surface area contributed by atoms with Gasteiger partial charge in [-0.2, -0.15) is 0 Å². The maximum atomic E-state index is 9.20. The molecule has 1 saturated heterocycles. The van der Waals surface area contributed by atoms with Gasteiger partial charge in [-0.05, 0) is 43.0 Å². The minimum absolute atomic E-state index is 0.253. The summed E-state index contributed by atoms with van der Waals surface area (Å²) in [4.78, 5) is 2.47. The van der Waals surface area contributed by atoms with Crippen molar-refractivity contribution < 1.29 is 9.84 Å². The van der Waals surface area contributed by atoms with E-state index in [0.29, 0.717) is 6.04 Å². The number of rotatable bonds is 5. The molecule has 20 heavy (non-hydrogen) atoms. The Morgan fingerprint density at radius 3 is 2.85 bits per heavy atom. The van der Waals surface area contributed by atoms with Crippen LogP contribution in [-0.4, -0.2) is 49.4 Å². The van der Waals surface area contributed by atoms with Crippen molar-refractivity contribution in [2.45, 2.75) is 32.9 Å². The molecule has 4 nitrogen and oxygen atoms in total. The molecule has 1 aromatic carbocycles. The molecule has 2 N–H and O–H groups in total. The lowest BCUT2D eigenvalue weighted by atomic mass is 10.0. The third-order valence-corrected chi connectivity index (χ3v) is 4.38. The third kappa shape index (κ3) is 3.32. The van der Waals surface area contributed by atoms with Crippen molar-refractivity contribution in [3.63, 3.8) is 0 Å². The molecule has 0 amide bonds. The standard InChI is InChI=1S/C16H26N2O2/c1-12-13(2)16(20-3)5-4-14(12)11-18-8-7-17-10-15(18)6-9-19/h4-5,15,17,19H,6-11H2,1-3H3/t15-/m0/s1. The second-order valence-electron chi connectivity index (χ2n) is 5.52. The number of ether oxygens (including phenoxy) is 1. The average Bonchev–Trinajstić information content (AvgIpc) is 2.46. The average molecular weight is 278 g/mol. The summed E-state index contributed by atoms with van der Waals surface area (Å²) in [6, 6.07) is 4.65. The van der Waals surface area contributed by atoms with Crippen LogP contribution in [0.25, 0.3) is 0 Å². The smallest absolute Gasteiger partial charge is 0.122 e. The Hall–Kier alpha value is -1.10. The summed E-state index contributed by atoms with van der Waals surface area (Å²) in [6.07, 6.45) is 0.835. The zero-order chi connectivity index (χ0) is 14.5. The summed E-state index contributed by atoms with van der Waals surface area (Å²) in [5, 5.41) is 12.6. The zero-order valence-corrected chi connectivity index (χ0v) is 12.8. The minimum Gasteiger partial charge on any atom is -0.496 e. The molecule has 1 aliphatic rings. The summed E-state index contributed by atoms with van der Waals surface area (Å²) in [6.45, 7) is 8.50. The maximum Gasteiger partial charge on any atom is 0.122 e. The molecule has 112 valence electrons. The van der Waals surface area contributed by atoms with E-state index in [1.807, 2.05) is 0 Å². The van der Waals surface area contributed by atoms with Crippen molar-refractivity contribution in [2.24, 2.45) is 0 Å². The van der Waals surface area contributed by atoms with Crippen LogP contribution in [0.15, 0.2) is 12.1 Å². The molecule has 4 heteroatoms. The topological polar surface area (TPSA) is 44.7 Å². The first-order chi connectivity index (χ1) is 9.67. The van der Waals surface area contributed by atoms with Crippen LogP contribution in [0.2, 0.25) is 0 Å². The molecule has 1 aliphatic heterocycles. The molecule has 1 aromatic rings. The van der Waals surface area contributed by atoms with Gasteiger partial charge in [-0.1, -0.05) is 6.07 Å². The van der Waals surface area contributed by atoms with Crippen molar-refractivity contribution in [1.29, 1.82) is 0 Å².